The molecule has 0 fully saturated rings. The molecule has 0 spiro atoms. The highest BCUT2D eigenvalue weighted by Crippen LogP contribution is 2.19. The summed E-state index contributed by atoms with van der Waals surface area (Å²) < 4.78 is 9.74. The topological polar surface area (TPSA) is 58.9 Å². The molecule has 15 heavy (non-hydrogen) atoms. The van der Waals surface area contributed by atoms with E-state index < -0.39 is 18.5 Å². The van der Waals surface area contributed by atoms with Gasteiger partial charge in [0.2, 0.25) is 0 Å². The molecule has 2 atom stereocenters. The molecular weight excluding hydrogens is 196 g/mol. The maximum atomic E-state index is 9.81. The summed E-state index contributed by atoms with van der Waals surface area (Å²) in [4.78, 5) is 0. The van der Waals surface area contributed by atoms with Crippen molar-refractivity contribution >= 4 is 0 Å². The fourth-order valence-corrected chi connectivity index (χ4v) is 1.37. The third kappa shape index (κ3) is 3.00. The van der Waals surface area contributed by atoms with Crippen LogP contribution in [-0.2, 0) is 9.47 Å². The lowest BCUT2D eigenvalue weighted by molar-refractivity contribution is -0.191. The fraction of sp³-hybridized carbons (Fsp3) is 0.455. The third-order valence-electron chi connectivity index (χ3n) is 2.21. The van der Waals surface area contributed by atoms with Gasteiger partial charge < -0.3 is 19.7 Å². The van der Waals surface area contributed by atoms with E-state index in [0.29, 0.717) is 5.56 Å². The van der Waals surface area contributed by atoms with Gasteiger partial charge in [-0.2, -0.15) is 0 Å². The van der Waals surface area contributed by atoms with Crippen LogP contribution in [0.25, 0.3) is 0 Å². The fourth-order valence-electron chi connectivity index (χ4n) is 1.37. The Balaban J connectivity index is 2.71. The normalized spacial score (nSPS) is 15.3. The first-order valence-electron chi connectivity index (χ1n) is 4.67. The van der Waals surface area contributed by atoms with Crippen LogP contribution in [0, 0.1) is 0 Å². The Morgan fingerprint density at radius 3 is 2.00 bits per heavy atom. The summed E-state index contributed by atoms with van der Waals surface area (Å²) in [5.41, 5.74) is 0.629. The first kappa shape index (κ1) is 12.1. The Morgan fingerprint density at radius 1 is 1.00 bits per heavy atom. The zero-order valence-corrected chi connectivity index (χ0v) is 8.83. The van der Waals surface area contributed by atoms with Gasteiger partial charge in [0.15, 0.2) is 6.29 Å². The summed E-state index contributed by atoms with van der Waals surface area (Å²) >= 11 is 0. The highest BCUT2D eigenvalue weighted by molar-refractivity contribution is 5.18. The lowest BCUT2D eigenvalue weighted by atomic mass is 10.0. The van der Waals surface area contributed by atoms with E-state index in [1.807, 2.05) is 6.07 Å². The number of aliphatic hydroxyl groups excluding tert-OH is 2. The maximum Gasteiger partial charge on any atom is 0.185 e. The van der Waals surface area contributed by atoms with Crippen LogP contribution in [0.3, 0.4) is 0 Å². The van der Waals surface area contributed by atoms with Crippen LogP contribution in [0.1, 0.15) is 11.7 Å². The van der Waals surface area contributed by atoms with Gasteiger partial charge in [-0.3, -0.25) is 0 Å². The van der Waals surface area contributed by atoms with Gasteiger partial charge in [-0.15, -0.1) is 0 Å². The van der Waals surface area contributed by atoms with Crippen LogP contribution in [-0.4, -0.2) is 36.8 Å². The van der Waals surface area contributed by atoms with E-state index in [4.69, 9.17) is 9.47 Å². The van der Waals surface area contributed by atoms with Crippen molar-refractivity contribution in [3.8, 4) is 0 Å². The molecule has 0 aliphatic carbocycles. The molecule has 0 aliphatic heterocycles. The van der Waals surface area contributed by atoms with E-state index in [9.17, 15) is 10.2 Å². The Hall–Kier alpha value is -0.940. The molecule has 4 heteroatoms. The molecule has 1 aromatic rings. The molecule has 0 amide bonds. The van der Waals surface area contributed by atoms with E-state index in [1.165, 1.54) is 14.2 Å². The first-order chi connectivity index (χ1) is 7.20. The van der Waals surface area contributed by atoms with Crippen LogP contribution in [0.4, 0.5) is 0 Å². The second-order valence-corrected chi connectivity index (χ2v) is 3.19. The van der Waals surface area contributed by atoms with Gasteiger partial charge in [0.05, 0.1) is 0 Å². The first-order valence-corrected chi connectivity index (χ1v) is 4.67. The number of rotatable bonds is 5. The van der Waals surface area contributed by atoms with Crippen molar-refractivity contribution in [3.63, 3.8) is 0 Å². The van der Waals surface area contributed by atoms with Crippen LogP contribution in [0.5, 0.6) is 0 Å². The number of benzene rings is 1. The average Bonchev–Trinajstić information content (AvgIpc) is 2.30. The zero-order valence-electron chi connectivity index (χ0n) is 8.83. The van der Waals surface area contributed by atoms with E-state index in [-0.39, 0.29) is 0 Å². The maximum absolute atomic E-state index is 9.81. The van der Waals surface area contributed by atoms with Gasteiger partial charge in [0, 0.05) is 14.2 Å². The molecule has 2 N–H and O–H groups in total. The standard InChI is InChI=1S/C11H16O4/c1-14-11(15-2)10(13)9(12)8-6-4-3-5-7-8/h3-7,9-13H,1-2H3. The number of ether oxygens (including phenoxy) is 2. The van der Waals surface area contributed by atoms with E-state index in [2.05, 4.69) is 0 Å². The van der Waals surface area contributed by atoms with Crippen molar-refractivity contribution in [2.45, 2.75) is 18.5 Å². The molecular formula is C11H16O4. The second-order valence-electron chi connectivity index (χ2n) is 3.19. The Kier molecular flexibility index (Phi) is 4.71. The van der Waals surface area contributed by atoms with Crippen molar-refractivity contribution in [1.29, 1.82) is 0 Å². The minimum absolute atomic E-state index is 0.629. The Bertz CT molecular complexity index is 271. The summed E-state index contributed by atoms with van der Waals surface area (Å²) in [7, 11) is 2.82. The van der Waals surface area contributed by atoms with Gasteiger partial charge in [0.1, 0.15) is 12.2 Å². The van der Waals surface area contributed by atoms with Crippen LogP contribution in [0.2, 0.25) is 0 Å². The largest absolute Gasteiger partial charge is 0.385 e. The van der Waals surface area contributed by atoms with Crippen LogP contribution >= 0.6 is 0 Å². The predicted octanol–water partition coefficient (Wildman–Crippen LogP) is 0.700. The van der Waals surface area contributed by atoms with E-state index >= 15 is 0 Å². The van der Waals surface area contributed by atoms with Crippen LogP contribution in [0.15, 0.2) is 30.3 Å². The zero-order chi connectivity index (χ0) is 11.3. The Morgan fingerprint density at radius 2 is 1.53 bits per heavy atom. The minimum Gasteiger partial charge on any atom is -0.385 e. The quantitative estimate of drug-likeness (QED) is 0.705. The molecule has 2 unspecified atom stereocenters. The van der Waals surface area contributed by atoms with Crippen molar-refractivity contribution in [2.75, 3.05) is 14.2 Å². The summed E-state index contributed by atoms with van der Waals surface area (Å²) in [6, 6.07) is 8.89. The second kappa shape index (κ2) is 5.82. The molecule has 84 valence electrons. The van der Waals surface area contributed by atoms with Gasteiger partial charge in [-0.05, 0) is 5.56 Å². The van der Waals surface area contributed by atoms with Gasteiger partial charge in [-0.25, -0.2) is 0 Å². The molecule has 0 aromatic heterocycles. The highest BCUT2D eigenvalue weighted by Gasteiger charge is 2.27. The van der Waals surface area contributed by atoms with Gasteiger partial charge in [-0.1, -0.05) is 30.3 Å². The van der Waals surface area contributed by atoms with Gasteiger partial charge in [0.25, 0.3) is 0 Å². The smallest absolute Gasteiger partial charge is 0.185 e. The lowest BCUT2D eigenvalue weighted by Crippen LogP contribution is -2.35. The SMILES string of the molecule is COC(OC)C(O)C(O)c1ccccc1. The summed E-state index contributed by atoms with van der Waals surface area (Å²) in [5, 5.41) is 19.5. The van der Waals surface area contributed by atoms with Crippen molar-refractivity contribution in [2.24, 2.45) is 0 Å². The molecule has 0 bridgehead atoms. The monoisotopic (exact) mass is 212 g/mol. The molecule has 0 saturated heterocycles. The number of hydrogen-bond donors (Lipinski definition) is 2. The van der Waals surface area contributed by atoms with Gasteiger partial charge >= 0.3 is 0 Å². The highest BCUT2D eigenvalue weighted by atomic mass is 16.7. The molecule has 4 nitrogen and oxygen atoms in total. The summed E-state index contributed by atoms with van der Waals surface area (Å²) in [6.45, 7) is 0. The summed E-state index contributed by atoms with van der Waals surface area (Å²) in [6.07, 6.45) is -2.96. The summed E-state index contributed by atoms with van der Waals surface area (Å²) in [5.74, 6) is 0. The van der Waals surface area contributed by atoms with Crippen LogP contribution < -0.4 is 0 Å². The van der Waals surface area contributed by atoms with E-state index in [0.717, 1.165) is 0 Å². The minimum atomic E-state index is -1.11. The van der Waals surface area contributed by atoms with E-state index in [1.54, 1.807) is 24.3 Å². The van der Waals surface area contributed by atoms with Crippen molar-refractivity contribution in [3.05, 3.63) is 35.9 Å². The number of aliphatic hydroxyl groups is 2. The van der Waals surface area contributed by atoms with Crippen molar-refractivity contribution in [1.82, 2.24) is 0 Å². The average molecular weight is 212 g/mol. The molecule has 0 heterocycles. The molecule has 0 saturated carbocycles. The molecule has 0 aliphatic rings. The Labute approximate surface area is 89.1 Å². The number of methoxy groups -OCH3 is 2. The predicted molar refractivity (Wildman–Crippen MR) is 55.2 cm³/mol. The molecule has 1 aromatic carbocycles. The lowest BCUT2D eigenvalue weighted by Gasteiger charge is -2.24. The van der Waals surface area contributed by atoms with Crippen molar-refractivity contribution < 1.29 is 19.7 Å². The molecule has 1 rings (SSSR count). The number of hydrogen-bond acceptors (Lipinski definition) is 4. The molecule has 0 radical (unpaired) electrons. The third-order valence-corrected chi connectivity index (χ3v) is 2.21.